The smallest absolute Gasteiger partial charge is 0.230 e. The number of ether oxygens (including phenoxy) is 1. The third-order valence-electron chi connectivity index (χ3n) is 4.81. The van der Waals surface area contributed by atoms with Crippen LogP contribution in [0.3, 0.4) is 0 Å². The average molecular weight is 344 g/mol. The van der Waals surface area contributed by atoms with Crippen LogP contribution in [0.2, 0.25) is 5.02 Å². The number of rotatable bonds is 6. The van der Waals surface area contributed by atoms with Crippen LogP contribution in [0.5, 0.6) is 0 Å². The molecule has 0 radical (unpaired) electrons. The Balaban J connectivity index is 1.67. The van der Waals surface area contributed by atoms with E-state index in [0.29, 0.717) is 18.2 Å². The number of nitrogens with one attached hydrogen (secondary N) is 1. The lowest BCUT2D eigenvalue weighted by Crippen LogP contribution is -2.49. The summed E-state index contributed by atoms with van der Waals surface area (Å²) in [6.07, 6.45) is 2.84. The number of hydrogen-bond acceptors (Lipinski definition) is 2. The number of benzene rings is 2. The molecule has 2 aromatic carbocycles. The molecule has 3 nitrogen and oxygen atoms in total. The average Bonchev–Trinajstić information content (AvgIpc) is 2.54. The molecular weight excluding hydrogens is 322 g/mol. The summed E-state index contributed by atoms with van der Waals surface area (Å²) in [7, 11) is 1.68. The van der Waals surface area contributed by atoms with E-state index in [1.807, 2.05) is 48.5 Å². The van der Waals surface area contributed by atoms with E-state index in [-0.39, 0.29) is 5.91 Å². The van der Waals surface area contributed by atoms with Crippen molar-refractivity contribution in [1.82, 2.24) is 5.32 Å². The molecule has 24 heavy (non-hydrogen) atoms. The predicted molar refractivity (Wildman–Crippen MR) is 96.0 cm³/mol. The summed E-state index contributed by atoms with van der Waals surface area (Å²) in [5.74, 6) is 0.0944. The Hall–Kier alpha value is -1.84. The van der Waals surface area contributed by atoms with Gasteiger partial charge in [-0.15, -0.1) is 0 Å². The van der Waals surface area contributed by atoms with Gasteiger partial charge in [0.15, 0.2) is 0 Å². The highest BCUT2D eigenvalue weighted by atomic mass is 35.5. The third kappa shape index (κ3) is 3.47. The van der Waals surface area contributed by atoms with E-state index in [0.717, 1.165) is 36.0 Å². The Labute approximate surface area is 148 Å². The third-order valence-corrected chi connectivity index (χ3v) is 5.04. The Morgan fingerprint density at radius 3 is 2.46 bits per heavy atom. The molecule has 1 fully saturated rings. The first-order valence-corrected chi connectivity index (χ1v) is 8.63. The van der Waals surface area contributed by atoms with E-state index in [1.165, 1.54) is 0 Å². The van der Waals surface area contributed by atoms with Crippen molar-refractivity contribution in [3.8, 4) is 0 Å². The van der Waals surface area contributed by atoms with Crippen LogP contribution in [-0.4, -0.2) is 13.0 Å². The van der Waals surface area contributed by atoms with E-state index >= 15 is 0 Å². The fourth-order valence-corrected chi connectivity index (χ4v) is 3.43. The predicted octanol–water partition coefficient (Wildman–Crippen LogP) is 4.22. The van der Waals surface area contributed by atoms with Gasteiger partial charge in [0.1, 0.15) is 0 Å². The van der Waals surface area contributed by atoms with Gasteiger partial charge >= 0.3 is 0 Å². The molecule has 0 heterocycles. The molecule has 0 spiro atoms. The van der Waals surface area contributed by atoms with E-state index in [2.05, 4.69) is 5.32 Å². The fourth-order valence-electron chi connectivity index (χ4n) is 3.23. The quantitative estimate of drug-likeness (QED) is 0.852. The van der Waals surface area contributed by atoms with Crippen molar-refractivity contribution in [3.05, 3.63) is 70.2 Å². The van der Waals surface area contributed by atoms with Gasteiger partial charge in [0.05, 0.1) is 12.0 Å². The summed E-state index contributed by atoms with van der Waals surface area (Å²) in [5.41, 5.74) is 2.82. The van der Waals surface area contributed by atoms with Crippen molar-refractivity contribution in [2.24, 2.45) is 0 Å². The van der Waals surface area contributed by atoms with Crippen molar-refractivity contribution < 1.29 is 9.53 Å². The zero-order chi connectivity index (χ0) is 17.0. The van der Waals surface area contributed by atoms with Gasteiger partial charge in [-0.3, -0.25) is 4.79 Å². The molecule has 2 aromatic rings. The van der Waals surface area contributed by atoms with Crippen LogP contribution in [0.25, 0.3) is 0 Å². The Bertz CT molecular complexity index is 708. The molecule has 126 valence electrons. The summed E-state index contributed by atoms with van der Waals surface area (Å²) in [5, 5.41) is 3.78. The van der Waals surface area contributed by atoms with Gasteiger partial charge in [0, 0.05) is 18.7 Å². The largest absolute Gasteiger partial charge is 0.380 e. The molecule has 0 aliphatic heterocycles. The summed E-state index contributed by atoms with van der Waals surface area (Å²) in [4.78, 5) is 12.8. The van der Waals surface area contributed by atoms with Gasteiger partial charge in [0.25, 0.3) is 0 Å². The summed E-state index contributed by atoms with van der Waals surface area (Å²) >= 11 is 6.11. The summed E-state index contributed by atoms with van der Waals surface area (Å²) in [6, 6.07) is 15.8. The van der Waals surface area contributed by atoms with Crippen molar-refractivity contribution in [2.75, 3.05) is 7.11 Å². The molecule has 0 saturated heterocycles. The molecule has 0 unspecified atom stereocenters. The minimum Gasteiger partial charge on any atom is -0.380 e. The monoisotopic (exact) mass is 343 g/mol. The highest BCUT2D eigenvalue weighted by Gasteiger charge is 2.45. The van der Waals surface area contributed by atoms with Gasteiger partial charge in [-0.1, -0.05) is 54.4 Å². The van der Waals surface area contributed by atoms with Gasteiger partial charge in [0.2, 0.25) is 5.91 Å². The van der Waals surface area contributed by atoms with Crippen LogP contribution in [-0.2, 0) is 28.1 Å². The van der Waals surface area contributed by atoms with Gasteiger partial charge in [-0.25, -0.2) is 0 Å². The number of halogens is 1. The van der Waals surface area contributed by atoms with Crippen molar-refractivity contribution in [1.29, 1.82) is 0 Å². The molecule has 0 atom stereocenters. The number of carbonyl (C=O) groups excluding carboxylic acids is 1. The highest BCUT2D eigenvalue weighted by Crippen LogP contribution is 2.44. The minimum absolute atomic E-state index is 0.0944. The molecule has 0 bridgehead atoms. The lowest BCUT2D eigenvalue weighted by molar-refractivity contribution is -0.130. The Morgan fingerprint density at radius 2 is 1.88 bits per heavy atom. The van der Waals surface area contributed by atoms with Gasteiger partial charge in [-0.05, 0) is 41.7 Å². The van der Waals surface area contributed by atoms with Gasteiger partial charge < -0.3 is 10.1 Å². The number of carbonyl (C=O) groups is 1. The number of amides is 1. The standard InChI is InChI=1S/C20H22ClNO2/c1-24-14-16-8-6-15(7-9-16)13-22-19(23)20(10-3-11-20)17-4-2-5-18(21)12-17/h2,4-9,12H,3,10-11,13-14H2,1H3,(H,22,23). The molecule has 0 aromatic heterocycles. The second kappa shape index (κ2) is 7.37. The zero-order valence-electron chi connectivity index (χ0n) is 13.8. The SMILES string of the molecule is COCc1ccc(CNC(=O)C2(c3cccc(Cl)c3)CCC2)cc1. The van der Waals surface area contributed by atoms with Crippen LogP contribution in [0.1, 0.15) is 36.0 Å². The number of methoxy groups -OCH3 is 1. The van der Waals surface area contributed by atoms with E-state index in [4.69, 9.17) is 16.3 Å². The first kappa shape index (κ1) is 17.0. The van der Waals surface area contributed by atoms with Crippen LogP contribution in [0.4, 0.5) is 0 Å². The van der Waals surface area contributed by atoms with Crippen molar-refractivity contribution in [2.45, 2.75) is 37.8 Å². The first-order valence-electron chi connectivity index (χ1n) is 8.25. The van der Waals surface area contributed by atoms with E-state index < -0.39 is 5.41 Å². The maximum Gasteiger partial charge on any atom is 0.230 e. The zero-order valence-corrected chi connectivity index (χ0v) is 14.6. The topological polar surface area (TPSA) is 38.3 Å². The van der Waals surface area contributed by atoms with Crippen LogP contribution in [0.15, 0.2) is 48.5 Å². The molecule has 3 rings (SSSR count). The summed E-state index contributed by atoms with van der Waals surface area (Å²) < 4.78 is 5.11. The Morgan fingerprint density at radius 1 is 1.17 bits per heavy atom. The van der Waals surface area contributed by atoms with E-state index in [9.17, 15) is 4.79 Å². The second-order valence-corrected chi connectivity index (χ2v) is 6.81. The minimum atomic E-state index is -0.416. The molecule has 4 heteroatoms. The van der Waals surface area contributed by atoms with Crippen molar-refractivity contribution in [3.63, 3.8) is 0 Å². The molecule has 1 aliphatic rings. The lowest BCUT2D eigenvalue weighted by atomic mass is 9.64. The fraction of sp³-hybridized carbons (Fsp3) is 0.350. The lowest BCUT2D eigenvalue weighted by Gasteiger charge is -2.40. The second-order valence-electron chi connectivity index (χ2n) is 6.38. The van der Waals surface area contributed by atoms with Crippen LogP contribution >= 0.6 is 11.6 Å². The maximum atomic E-state index is 12.8. The molecular formula is C20H22ClNO2. The Kier molecular flexibility index (Phi) is 5.22. The number of hydrogen-bond donors (Lipinski definition) is 1. The first-order chi connectivity index (χ1) is 11.6. The molecule has 1 saturated carbocycles. The molecule has 1 aliphatic carbocycles. The van der Waals surface area contributed by atoms with Gasteiger partial charge in [-0.2, -0.15) is 0 Å². The maximum absolute atomic E-state index is 12.8. The van der Waals surface area contributed by atoms with Crippen LogP contribution < -0.4 is 5.32 Å². The van der Waals surface area contributed by atoms with Crippen LogP contribution in [0, 0.1) is 0 Å². The summed E-state index contributed by atoms with van der Waals surface area (Å²) in [6.45, 7) is 1.14. The van der Waals surface area contributed by atoms with Crippen molar-refractivity contribution >= 4 is 17.5 Å². The molecule has 1 amide bonds. The van der Waals surface area contributed by atoms with E-state index in [1.54, 1.807) is 7.11 Å². The molecule has 1 N–H and O–H groups in total. The highest BCUT2D eigenvalue weighted by molar-refractivity contribution is 6.30. The normalized spacial score (nSPS) is 15.6.